The van der Waals surface area contributed by atoms with Gasteiger partial charge in [-0.05, 0) is 74.7 Å². The van der Waals surface area contributed by atoms with E-state index in [9.17, 15) is 24.2 Å². The molecule has 0 aliphatic carbocycles. The second-order valence-electron chi connectivity index (χ2n) is 6.96. The monoisotopic (exact) mass is 577 g/mol. The molecular formula is C20H22Br2NO7P. The van der Waals surface area contributed by atoms with Gasteiger partial charge in [-0.15, -0.1) is 0 Å². The van der Waals surface area contributed by atoms with E-state index in [4.69, 9.17) is 9.84 Å². The first kappa shape index (κ1) is 25.4. The molecule has 168 valence electrons. The molecule has 0 aromatic heterocycles. The van der Waals surface area contributed by atoms with Gasteiger partial charge in [-0.25, -0.2) is 0 Å². The number of phenolic OH excluding ortho intramolecular Hbond substituents is 1. The molecule has 0 bridgehead atoms. The third-order valence-electron chi connectivity index (χ3n) is 4.27. The van der Waals surface area contributed by atoms with E-state index in [2.05, 4.69) is 37.2 Å². The number of carboxylic acid groups (broad SMARTS) is 1. The Labute approximate surface area is 196 Å². The first-order chi connectivity index (χ1) is 14.4. The minimum atomic E-state index is -3.25. The molecule has 0 aliphatic heterocycles. The second kappa shape index (κ2) is 10.6. The SMILES string of the molecule is CCP(=O)(O)Cc1cc(Br)c(Oc2ccc(O)c(C(=O)NC(C)CC(=O)O)c2)c(Br)c1. The Bertz CT molecular complexity index is 1020. The highest BCUT2D eigenvalue weighted by atomic mass is 79.9. The van der Waals surface area contributed by atoms with Gasteiger partial charge in [0.1, 0.15) is 11.5 Å². The summed E-state index contributed by atoms with van der Waals surface area (Å²) >= 11 is 6.78. The molecule has 31 heavy (non-hydrogen) atoms. The number of phenols is 1. The molecule has 0 heterocycles. The van der Waals surface area contributed by atoms with E-state index >= 15 is 0 Å². The summed E-state index contributed by atoms with van der Waals surface area (Å²) in [5.74, 6) is -1.33. The average Bonchev–Trinajstić information content (AvgIpc) is 2.64. The maximum absolute atomic E-state index is 12.4. The van der Waals surface area contributed by atoms with Gasteiger partial charge in [0, 0.05) is 18.4 Å². The molecule has 0 fully saturated rings. The summed E-state index contributed by atoms with van der Waals surface area (Å²) in [6.45, 7) is 3.20. The Kier molecular flexibility index (Phi) is 8.71. The molecule has 11 heteroatoms. The number of aliphatic carboxylic acids is 1. The summed E-state index contributed by atoms with van der Waals surface area (Å²) in [5, 5.41) is 21.4. The molecule has 2 atom stereocenters. The Morgan fingerprint density at radius 3 is 2.35 bits per heavy atom. The molecule has 4 N–H and O–H groups in total. The van der Waals surface area contributed by atoms with Gasteiger partial charge in [0.05, 0.1) is 20.9 Å². The van der Waals surface area contributed by atoms with Crippen LogP contribution in [0.5, 0.6) is 17.2 Å². The van der Waals surface area contributed by atoms with E-state index in [0.717, 1.165) is 0 Å². The quantitative estimate of drug-likeness (QED) is 0.304. The van der Waals surface area contributed by atoms with Gasteiger partial charge in [-0.2, -0.15) is 0 Å². The molecule has 1 amide bonds. The maximum Gasteiger partial charge on any atom is 0.305 e. The molecule has 2 unspecified atom stereocenters. The molecule has 0 saturated heterocycles. The molecule has 0 spiro atoms. The number of rotatable bonds is 9. The molecular weight excluding hydrogens is 557 g/mol. The first-order valence-corrected chi connectivity index (χ1v) is 12.9. The topological polar surface area (TPSA) is 133 Å². The first-order valence-electron chi connectivity index (χ1n) is 9.24. The normalized spacial score (nSPS) is 13.8. The standard InChI is InChI=1S/C20H22Br2NO7P/c1-3-31(28,29)10-12-7-15(21)19(16(22)8-12)30-13-4-5-17(24)14(9-13)20(27)23-11(2)6-18(25)26/h4-5,7-9,11,24H,3,6,10H2,1-2H3,(H,23,27)(H,25,26)(H,28,29). The van der Waals surface area contributed by atoms with Gasteiger partial charge >= 0.3 is 5.97 Å². The van der Waals surface area contributed by atoms with Crippen LogP contribution in [0.3, 0.4) is 0 Å². The number of benzene rings is 2. The summed E-state index contributed by atoms with van der Waals surface area (Å²) in [4.78, 5) is 33.1. The van der Waals surface area contributed by atoms with E-state index < -0.39 is 25.3 Å². The van der Waals surface area contributed by atoms with E-state index in [1.54, 1.807) is 26.0 Å². The number of carboxylic acids is 1. The molecule has 0 aliphatic rings. The van der Waals surface area contributed by atoms with Gasteiger partial charge < -0.3 is 25.2 Å². The predicted octanol–water partition coefficient (Wildman–Crippen LogP) is 5.09. The predicted molar refractivity (Wildman–Crippen MR) is 123 cm³/mol. The number of carbonyl (C=O) groups is 2. The van der Waals surface area contributed by atoms with Crippen LogP contribution in [0.4, 0.5) is 0 Å². The van der Waals surface area contributed by atoms with E-state index in [0.29, 0.717) is 20.3 Å². The number of hydrogen-bond acceptors (Lipinski definition) is 5. The van der Waals surface area contributed by atoms with E-state index in [1.807, 2.05) is 0 Å². The summed E-state index contributed by atoms with van der Waals surface area (Å²) in [7, 11) is -3.25. The van der Waals surface area contributed by atoms with Gasteiger partial charge in [-0.1, -0.05) is 6.92 Å². The molecule has 8 nitrogen and oxygen atoms in total. The Hall–Kier alpha value is -1.87. The van der Waals surface area contributed by atoms with Gasteiger partial charge in [0.15, 0.2) is 5.75 Å². The maximum atomic E-state index is 12.4. The highest BCUT2D eigenvalue weighted by Crippen LogP contribution is 2.46. The zero-order valence-electron chi connectivity index (χ0n) is 16.8. The fourth-order valence-corrected chi connectivity index (χ4v) is 5.11. The smallest absolute Gasteiger partial charge is 0.305 e. The van der Waals surface area contributed by atoms with Gasteiger partial charge in [-0.3, -0.25) is 14.2 Å². The van der Waals surface area contributed by atoms with Crippen molar-refractivity contribution in [3.63, 3.8) is 0 Å². The lowest BCUT2D eigenvalue weighted by Crippen LogP contribution is -2.34. The van der Waals surface area contributed by atoms with Crippen LogP contribution in [0, 0.1) is 0 Å². The average molecular weight is 579 g/mol. The van der Waals surface area contributed by atoms with Crippen molar-refractivity contribution >= 4 is 51.1 Å². The Balaban J connectivity index is 2.25. The van der Waals surface area contributed by atoms with E-state index in [1.165, 1.54) is 18.2 Å². The molecule has 0 saturated carbocycles. The van der Waals surface area contributed by atoms with Gasteiger partial charge in [0.2, 0.25) is 7.37 Å². The zero-order chi connectivity index (χ0) is 23.3. The number of amides is 1. The minimum Gasteiger partial charge on any atom is -0.507 e. The fraction of sp³-hybridized carbons (Fsp3) is 0.300. The summed E-state index contributed by atoms with van der Waals surface area (Å²) in [6.07, 6.45) is -0.0588. The number of ether oxygens (including phenoxy) is 1. The summed E-state index contributed by atoms with van der Waals surface area (Å²) < 4.78 is 18.9. The lowest BCUT2D eigenvalue weighted by molar-refractivity contribution is -0.137. The van der Waals surface area contributed by atoms with Crippen molar-refractivity contribution in [1.82, 2.24) is 5.32 Å². The number of hydrogen-bond donors (Lipinski definition) is 4. The number of nitrogens with one attached hydrogen (secondary N) is 1. The fourth-order valence-electron chi connectivity index (χ4n) is 2.69. The highest BCUT2D eigenvalue weighted by Gasteiger charge is 2.20. The molecule has 2 aromatic rings. The number of halogens is 2. The molecule has 2 aromatic carbocycles. The summed E-state index contributed by atoms with van der Waals surface area (Å²) in [5.41, 5.74) is 0.583. The van der Waals surface area contributed by atoms with Crippen LogP contribution < -0.4 is 10.1 Å². The third kappa shape index (κ3) is 7.35. The van der Waals surface area contributed by atoms with Crippen LogP contribution in [-0.2, 0) is 15.5 Å². The van der Waals surface area contributed by atoms with Crippen molar-refractivity contribution in [1.29, 1.82) is 0 Å². The summed E-state index contributed by atoms with van der Waals surface area (Å²) in [6, 6.07) is 6.84. The number of carbonyl (C=O) groups excluding carboxylic acids is 1. The van der Waals surface area contributed by atoms with Crippen molar-refractivity contribution in [2.45, 2.75) is 32.5 Å². The minimum absolute atomic E-state index is 0.0268. The van der Waals surface area contributed by atoms with Crippen molar-refractivity contribution in [2.75, 3.05) is 6.16 Å². The number of aromatic hydroxyl groups is 1. The van der Waals surface area contributed by atoms with Crippen molar-refractivity contribution in [3.05, 3.63) is 50.4 Å². The van der Waals surface area contributed by atoms with Crippen molar-refractivity contribution in [3.8, 4) is 17.2 Å². The van der Waals surface area contributed by atoms with E-state index in [-0.39, 0.29) is 35.8 Å². The Morgan fingerprint density at radius 2 is 1.81 bits per heavy atom. The van der Waals surface area contributed by atoms with Crippen LogP contribution in [-0.4, -0.2) is 39.2 Å². The van der Waals surface area contributed by atoms with Crippen molar-refractivity contribution in [2.24, 2.45) is 0 Å². The van der Waals surface area contributed by atoms with Crippen molar-refractivity contribution < 1.29 is 34.0 Å². The largest absolute Gasteiger partial charge is 0.507 e. The third-order valence-corrected chi connectivity index (χ3v) is 7.30. The van der Waals surface area contributed by atoms with Gasteiger partial charge in [0.25, 0.3) is 5.91 Å². The zero-order valence-corrected chi connectivity index (χ0v) is 20.8. The van der Waals surface area contributed by atoms with Crippen LogP contribution >= 0.6 is 39.2 Å². The van der Waals surface area contributed by atoms with Crippen LogP contribution in [0.25, 0.3) is 0 Å². The Morgan fingerprint density at radius 1 is 1.19 bits per heavy atom. The van der Waals surface area contributed by atoms with Crippen LogP contribution in [0.1, 0.15) is 36.2 Å². The van der Waals surface area contributed by atoms with Crippen LogP contribution in [0.15, 0.2) is 39.3 Å². The highest BCUT2D eigenvalue weighted by molar-refractivity contribution is 9.11. The molecule has 0 radical (unpaired) electrons. The lowest BCUT2D eigenvalue weighted by Gasteiger charge is -2.15. The second-order valence-corrected chi connectivity index (χ2v) is 11.3. The molecule has 2 rings (SSSR count). The van der Waals surface area contributed by atoms with Crippen LogP contribution in [0.2, 0.25) is 0 Å². The lowest BCUT2D eigenvalue weighted by atomic mass is 10.1.